The fraction of sp³-hybridized carbons (Fsp3) is 0.565. The molecule has 3 aliphatic heterocycles. The molecule has 2 fully saturated rings. The number of aliphatic carboxylic acids is 1. The number of carboxylic acid groups (broad SMARTS) is 1. The molecule has 31 heavy (non-hydrogen) atoms. The Bertz CT molecular complexity index is 835. The van der Waals surface area contributed by atoms with Gasteiger partial charge in [-0.15, -0.1) is 0 Å². The van der Waals surface area contributed by atoms with Crippen molar-refractivity contribution in [2.75, 3.05) is 19.6 Å². The van der Waals surface area contributed by atoms with Crippen LogP contribution in [0.1, 0.15) is 49.7 Å². The number of unbranched alkanes of at least 4 members (excludes halogenated alkanes) is 2. The molecule has 8 nitrogen and oxygen atoms in total. The largest absolute Gasteiger partial charge is 0.481 e. The molecule has 1 unspecified atom stereocenters. The Balaban J connectivity index is 1.19. The molecule has 0 saturated carbocycles. The van der Waals surface area contributed by atoms with Crippen molar-refractivity contribution in [1.82, 2.24) is 14.7 Å². The van der Waals surface area contributed by atoms with Gasteiger partial charge in [-0.1, -0.05) is 30.7 Å². The second-order valence-corrected chi connectivity index (χ2v) is 8.69. The van der Waals surface area contributed by atoms with E-state index in [9.17, 15) is 19.2 Å². The molecule has 1 aromatic carbocycles. The Labute approximate surface area is 181 Å². The third-order valence-electron chi connectivity index (χ3n) is 6.75. The minimum Gasteiger partial charge on any atom is -0.481 e. The maximum atomic E-state index is 12.8. The standard InChI is InChI=1S/C23H29N3O5/c27-20(24-12-9-16(10-13-24)22(29)30)8-2-1-5-11-25-21(28)19-14-17-6-3-4-7-18(17)15-26(19)23(25)31/h3-4,6-7,16,19H,1-2,5,8-15H2,(H,29,30). The van der Waals surface area contributed by atoms with Gasteiger partial charge in [0.2, 0.25) is 5.91 Å². The Hall–Kier alpha value is -2.90. The lowest BCUT2D eigenvalue weighted by Gasteiger charge is -2.30. The fourth-order valence-electron chi connectivity index (χ4n) is 4.84. The van der Waals surface area contributed by atoms with Crippen molar-refractivity contribution in [1.29, 1.82) is 0 Å². The topological polar surface area (TPSA) is 98.2 Å². The molecule has 1 atom stereocenters. The Morgan fingerprint density at radius 1 is 1.00 bits per heavy atom. The van der Waals surface area contributed by atoms with Crippen LogP contribution in [0.15, 0.2) is 24.3 Å². The summed E-state index contributed by atoms with van der Waals surface area (Å²) in [5.41, 5.74) is 2.24. The van der Waals surface area contributed by atoms with Crippen molar-refractivity contribution < 1.29 is 24.3 Å². The van der Waals surface area contributed by atoms with E-state index >= 15 is 0 Å². The molecule has 2 saturated heterocycles. The highest BCUT2D eigenvalue weighted by molar-refractivity contribution is 6.04. The van der Waals surface area contributed by atoms with E-state index in [1.807, 2.05) is 24.3 Å². The number of hydrogen-bond donors (Lipinski definition) is 1. The van der Waals surface area contributed by atoms with E-state index in [4.69, 9.17) is 5.11 Å². The minimum atomic E-state index is -0.779. The first-order chi connectivity index (χ1) is 15.0. The zero-order chi connectivity index (χ0) is 22.0. The summed E-state index contributed by atoms with van der Waals surface area (Å²) in [6.45, 7) is 1.88. The smallest absolute Gasteiger partial charge is 0.327 e. The lowest BCUT2D eigenvalue weighted by atomic mass is 9.95. The summed E-state index contributed by atoms with van der Waals surface area (Å²) in [6, 6.07) is 7.35. The van der Waals surface area contributed by atoms with Crippen molar-refractivity contribution in [2.24, 2.45) is 5.92 Å². The quantitative estimate of drug-likeness (QED) is 0.532. The highest BCUT2D eigenvalue weighted by Gasteiger charge is 2.46. The fourth-order valence-corrected chi connectivity index (χ4v) is 4.84. The van der Waals surface area contributed by atoms with Crippen LogP contribution in [-0.2, 0) is 27.3 Å². The summed E-state index contributed by atoms with van der Waals surface area (Å²) in [5.74, 6) is -1.17. The van der Waals surface area contributed by atoms with Gasteiger partial charge in [0.15, 0.2) is 0 Å². The van der Waals surface area contributed by atoms with E-state index in [2.05, 4.69) is 0 Å². The molecule has 1 aromatic rings. The molecule has 0 bridgehead atoms. The van der Waals surface area contributed by atoms with Gasteiger partial charge >= 0.3 is 12.0 Å². The monoisotopic (exact) mass is 427 g/mol. The summed E-state index contributed by atoms with van der Waals surface area (Å²) < 4.78 is 0. The molecular weight excluding hydrogens is 398 g/mol. The van der Waals surface area contributed by atoms with E-state index in [1.165, 1.54) is 4.90 Å². The van der Waals surface area contributed by atoms with Gasteiger partial charge in [-0.3, -0.25) is 19.3 Å². The van der Waals surface area contributed by atoms with Crippen LogP contribution in [0.5, 0.6) is 0 Å². The second-order valence-electron chi connectivity index (χ2n) is 8.69. The van der Waals surface area contributed by atoms with Gasteiger partial charge < -0.3 is 14.9 Å². The van der Waals surface area contributed by atoms with Crippen molar-refractivity contribution >= 4 is 23.8 Å². The molecule has 3 aliphatic rings. The number of urea groups is 1. The first-order valence-corrected chi connectivity index (χ1v) is 11.1. The number of imide groups is 1. The number of carbonyl (C=O) groups excluding carboxylic acids is 3. The van der Waals surface area contributed by atoms with Crippen molar-refractivity contribution in [3.05, 3.63) is 35.4 Å². The molecule has 0 aliphatic carbocycles. The van der Waals surface area contributed by atoms with Gasteiger partial charge in [-0.2, -0.15) is 0 Å². The number of carboxylic acids is 1. The van der Waals surface area contributed by atoms with Crippen molar-refractivity contribution in [2.45, 2.75) is 57.5 Å². The minimum absolute atomic E-state index is 0.0621. The molecule has 3 heterocycles. The zero-order valence-corrected chi connectivity index (χ0v) is 17.7. The van der Waals surface area contributed by atoms with Gasteiger partial charge in [-0.25, -0.2) is 4.79 Å². The normalized spacial score (nSPS) is 21.3. The van der Waals surface area contributed by atoms with Crippen LogP contribution in [0.4, 0.5) is 4.79 Å². The molecule has 1 N–H and O–H groups in total. The van der Waals surface area contributed by atoms with Crippen LogP contribution in [-0.4, -0.2) is 69.3 Å². The zero-order valence-electron chi connectivity index (χ0n) is 17.7. The maximum Gasteiger partial charge on any atom is 0.327 e. The van der Waals surface area contributed by atoms with Gasteiger partial charge in [0.05, 0.1) is 5.92 Å². The molecular formula is C23H29N3O5. The molecule has 4 amide bonds. The number of piperidine rings is 1. The first-order valence-electron chi connectivity index (χ1n) is 11.1. The lowest BCUT2D eigenvalue weighted by Crippen LogP contribution is -2.40. The van der Waals surface area contributed by atoms with Crippen LogP contribution in [0.3, 0.4) is 0 Å². The highest BCUT2D eigenvalue weighted by Crippen LogP contribution is 2.30. The first kappa shape index (κ1) is 21.3. The van der Waals surface area contributed by atoms with Gasteiger partial charge in [0.25, 0.3) is 5.91 Å². The van der Waals surface area contributed by atoms with E-state index in [-0.39, 0.29) is 23.8 Å². The number of amides is 4. The van der Waals surface area contributed by atoms with Gasteiger partial charge in [0, 0.05) is 39.0 Å². The number of carbonyl (C=O) groups is 4. The van der Waals surface area contributed by atoms with E-state index < -0.39 is 12.0 Å². The number of rotatable bonds is 7. The molecule has 0 aromatic heterocycles. The highest BCUT2D eigenvalue weighted by atomic mass is 16.4. The van der Waals surface area contributed by atoms with Crippen LogP contribution in [0.25, 0.3) is 0 Å². The predicted molar refractivity (Wildman–Crippen MR) is 112 cm³/mol. The summed E-state index contributed by atoms with van der Waals surface area (Å²) in [5, 5.41) is 9.05. The lowest BCUT2D eigenvalue weighted by molar-refractivity contribution is -0.145. The van der Waals surface area contributed by atoms with Crippen molar-refractivity contribution in [3.63, 3.8) is 0 Å². The Morgan fingerprint density at radius 2 is 1.71 bits per heavy atom. The van der Waals surface area contributed by atoms with Crippen LogP contribution < -0.4 is 0 Å². The number of likely N-dealkylation sites (tertiary alicyclic amines) is 1. The molecule has 8 heteroatoms. The maximum absolute atomic E-state index is 12.8. The molecule has 0 radical (unpaired) electrons. The summed E-state index contributed by atoms with van der Waals surface area (Å²) in [4.78, 5) is 53.7. The van der Waals surface area contributed by atoms with Gasteiger partial charge in [0.1, 0.15) is 6.04 Å². The second kappa shape index (κ2) is 9.08. The van der Waals surface area contributed by atoms with Crippen molar-refractivity contribution in [3.8, 4) is 0 Å². The molecule has 4 rings (SSSR count). The average Bonchev–Trinajstić information content (AvgIpc) is 3.01. The SMILES string of the molecule is O=C(O)C1CCN(C(=O)CCCCCN2C(=O)C3Cc4ccccc4CN3C2=O)CC1. The summed E-state index contributed by atoms with van der Waals surface area (Å²) >= 11 is 0. The average molecular weight is 428 g/mol. The van der Waals surface area contributed by atoms with Crippen LogP contribution in [0, 0.1) is 5.92 Å². The van der Waals surface area contributed by atoms with E-state index in [1.54, 1.807) is 9.80 Å². The Morgan fingerprint density at radius 3 is 2.42 bits per heavy atom. The third kappa shape index (κ3) is 4.43. The number of hydrogen-bond acceptors (Lipinski definition) is 4. The van der Waals surface area contributed by atoms with Gasteiger partial charge in [-0.05, 0) is 36.8 Å². The molecule has 166 valence electrons. The molecule has 0 spiro atoms. The predicted octanol–water partition coefficient (Wildman–Crippen LogP) is 2.26. The number of nitrogens with zero attached hydrogens (tertiary/aromatic N) is 3. The summed E-state index contributed by atoms with van der Waals surface area (Å²) in [6.07, 6.45) is 4.17. The van der Waals surface area contributed by atoms with E-state index in [0.717, 1.165) is 17.5 Å². The van der Waals surface area contributed by atoms with Crippen LogP contribution in [0.2, 0.25) is 0 Å². The third-order valence-corrected chi connectivity index (χ3v) is 6.75. The van der Waals surface area contributed by atoms with Crippen LogP contribution >= 0.6 is 0 Å². The summed E-state index contributed by atoms with van der Waals surface area (Å²) in [7, 11) is 0. The number of fused-ring (bicyclic) bond motifs is 2. The van der Waals surface area contributed by atoms with E-state index in [0.29, 0.717) is 64.7 Å². The number of benzene rings is 1. The Kier molecular flexibility index (Phi) is 6.25.